The van der Waals surface area contributed by atoms with Crippen molar-refractivity contribution >= 4 is 17.3 Å². The molecule has 3 rings (SSSR count). The highest BCUT2D eigenvalue weighted by Crippen LogP contribution is 2.29. The second-order valence-electron chi connectivity index (χ2n) is 7.67. The summed E-state index contributed by atoms with van der Waals surface area (Å²) in [5.74, 6) is 0.305. The third-order valence-electron chi connectivity index (χ3n) is 5.38. The molecule has 1 N–H and O–H groups in total. The van der Waals surface area contributed by atoms with Gasteiger partial charge in [0.15, 0.2) is 0 Å². The van der Waals surface area contributed by atoms with E-state index in [9.17, 15) is 9.18 Å². The van der Waals surface area contributed by atoms with Gasteiger partial charge in [0, 0.05) is 58.6 Å². The van der Waals surface area contributed by atoms with Gasteiger partial charge in [-0.3, -0.25) is 9.69 Å². The van der Waals surface area contributed by atoms with Crippen molar-refractivity contribution in [1.29, 1.82) is 0 Å². The maximum Gasteiger partial charge on any atom is 0.255 e. The van der Waals surface area contributed by atoms with Crippen LogP contribution in [0.1, 0.15) is 16.8 Å². The van der Waals surface area contributed by atoms with E-state index < -0.39 is 0 Å². The smallest absolute Gasteiger partial charge is 0.255 e. The van der Waals surface area contributed by atoms with Crippen LogP contribution in [0.3, 0.4) is 0 Å². The Bertz CT molecular complexity index is 851. The number of nitrogens with zero attached hydrogens (tertiary/aromatic N) is 3. The van der Waals surface area contributed by atoms with Gasteiger partial charge in [-0.05, 0) is 37.2 Å². The molecule has 162 valence electrons. The molecule has 0 unspecified atom stereocenters. The minimum Gasteiger partial charge on any atom is -0.494 e. The van der Waals surface area contributed by atoms with Gasteiger partial charge in [0.2, 0.25) is 0 Å². The van der Waals surface area contributed by atoms with Crippen LogP contribution in [0.5, 0.6) is 5.75 Å². The van der Waals surface area contributed by atoms with E-state index in [4.69, 9.17) is 4.74 Å². The number of carbonyl (C=O) groups is 1. The number of anilines is 2. The van der Waals surface area contributed by atoms with Gasteiger partial charge in [0.05, 0.1) is 18.4 Å². The van der Waals surface area contributed by atoms with E-state index in [0.29, 0.717) is 11.3 Å². The van der Waals surface area contributed by atoms with Crippen LogP contribution < -0.4 is 15.0 Å². The molecule has 2 aromatic rings. The Kier molecular flexibility index (Phi) is 7.52. The van der Waals surface area contributed by atoms with Crippen LogP contribution in [0.4, 0.5) is 15.8 Å². The number of methoxy groups -OCH3 is 1. The molecular weight excluding hydrogens is 383 g/mol. The average Bonchev–Trinajstić information content (AvgIpc) is 2.77. The third-order valence-corrected chi connectivity index (χ3v) is 5.38. The van der Waals surface area contributed by atoms with Gasteiger partial charge in [0.25, 0.3) is 5.91 Å². The Balaban J connectivity index is 1.45. The maximum atomic E-state index is 13.4. The first kappa shape index (κ1) is 21.9. The van der Waals surface area contributed by atoms with E-state index in [2.05, 4.69) is 15.1 Å². The van der Waals surface area contributed by atoms with Crippen LogP contribution >= 0.6 is 0 Å². The van der Waals surface area contributed by atoms with Gasteiger partial charge in [-0.15, -0.1) is 0 Å². The zero-order valence-electron chi connectivity index (χ0n) is 18.0. The molecule has 0 saturated carbocycles. The Morgan fingerprint density at radius 1 is 1.13 bits per heavy atom. The van der Waals surface area contributed by atoms with Gasteiger partial charge in [-0.2, -0.15) is 0 Å². The summed E-state index contributed by atoms with van der Waals surface area (Å²) in [5.41, 5.74) is 2.52. The molecule has 0 spiro atoms. The van der Waals surface area contributed by atoms with Crippen molar-refractivity contribution in [3.05, 3.63) is 53.8 Å². The predicted molar refractivity (Wildman–Crippen MR) is 119 cm³/mol. The molecule has 1 amide bonds. The molecule has 6 nitrogen and oxygen atoms in total. The second-order valence-corrected chi connectivity index (χ2v) is 7.67. The Morgan fingerprint density at radius 3 is 2.57 bits per heavy atom. The number of nitrogens with one attached hydrogen (secondary N) is 1. The summed E-state index contributed by atoms with van der Waals surface area (Å²) in [6, 6.07) is 12.3. The number of carbonyl (C=O) groups excluding carboxylic acids is 1. The number of para-hydroxylation sites is 1. The SMILES string of the molecule is COc1cc(F)ccc1N1CCN(CCCNc2ccccc2C(=O)N(C)C)CC1. The normalized spacial score (nSPS) is 14.5. The van der Waals surface area contributed by atoms with Crippen molar-refractivity contribution in [2.24, 2.45) is 0 Å². The first-order chi connectivity index (χ1) is 14.5. The Hall–Kier alpha value is -2.80. The number of piperazine rings is 1. The second kappa shape index (κ2) is 10.3. The fraction of sp³-hybridized carbons (Fsp3) is 0.435. The highest BCUT2D eigenvalue weighted by Gasteiger charge is 2.20. The fourth-order valence-electron chi connectivity index (χ4n) is 3.72. The van der Waals surface area contributed by atoms with Crippen molar-refractivity contribution < 1.29 is 13.9 Å². The van der Waals surface area contributed by atoms with E-state index >= 15 is 0 Å². The number of amides is 1. The molecule has 2 aromatic carbocycles. The quantitative estimate of drug-likeness (QED) is 0.673. The molecule has 0 aromatic heterocycles. The molecule has 1 heterocycles. The fourth-order valence-corrected chi connectivity index (χ4v) is 3.72. The van der Waals surface area contributed by atoms with E-state index in [0.717, 1.165) is 57.1 Å². The molecule has 7 heteroatoms. The molecule has 1 saturated heterocycles. The Labute approximate surface area is 178 Å². The molecule has 0 atom stereocenters. The van der Waals surface area contributed by atoms with Crippen LogP contribution in [-0.4, -0.2) is 76.2 Å². The average molecular weight is 415 g/mol. The lowest BCUT2D eigenvalue weighted by Gasteiger charge is -2.36. The lowest BCUT2D eigenvalue weighted by molar-refractivity contribution is 0.0828. The van der Waals surface area contributed by atoms with Crippen molar-refractivity contribution in [3.8, 4) is 5.75 Å². The zero-order chi connectivity index (χ0) is 21.5. The topological polar surface area (TPSA) is 48.1 Å². The largest absolute Gasteiger partial charge is 0.494 e. The number of ether oxygens (including phenoxy) is 1. The van der Waals surface area contributed by atoms with Crippen molar-refractivity contribution in [3.63, 3.8) is 0 Å². The molecular formula is C23H31FN4O2. The van der Waals surface area contributed by atoms with Gasteiger partial charge in [-0.25, -0.2) is 4.39 Å². The number of benzene rings is 2. The van der Waals surface area contributed by atoms with Crippen LogP contribution in [0.15, 0.2) is 42.5 Å². The molecule has 1 fully saturated rings. The van der Waals surface area contributed by atoms with Gasteiger partial charge in [-0.1, -0.05) is 12.1 Å². The molecule has 0 aliphatic carbocycles. The summed E-state index contributed by atoms with van der Waals surface area (Å²) in [6.07, 6.45) is 0.990. The van der Waals surface area contributed by atoms with Crippen molar-refractivity contribution in [1.82, 2.24) is 9.80 Å². The van der Waals surface area contributed by atoms with E-state index in [1.54, 1.807) is 32.2 Å². The summed E-state index contributed by atoms with van der Waals surface area (Å²) in [4.78, 5) is 18.6. The number of halogens is 1. The minimum atomic E-state index is -0.282. The number of hydrogen-bond acceptors (Lipinski definition) is 5. The molecule has 0 bridgehead atoms. The van der Waals surface area contributed by atoms with Crippen LogP contribution in [0, 0.1) is 5.82 Å². The first-order valence-corrected chi connectivity index (χ1v) is 10.3. The molecule has 1 aliphatic heterocycles. The van der Waals surface area contributed by atoms with E-state index in [-0.39, 0.29) is 11.7 Å². The number of rotatable bonds is 8. The summed E-state index contributed by atoms with van der Waals surface area (Å²) in [5, 5.41) is 3.41. The lowest BCUT2D eigenvalue weighted by atomic mass is 10.1. The maximum absolute atomic E-state index is 13.4. The molecule has 30 heavy (non-hydrogen) atoms. The van der Waals surface area contributed by atoms with E-state index in [1.165, 1.54) is 12.1 Å². The van der Waals surface area contributed by atoms with Crippen molar-refractivity contribution in [2.45, 2.75) is 6.42 Å². The summed E-state index contributed by atoms with van der Waals surface area (Å²) in [7, 11) is 5.10. The van der Waals surface area contributed by atoms with Crippen molar-refractivity contribution in [2.75, 3.05) is 70.7 Å². The van der Waals surface area contributed by atoms with Crippen LogP contribution in [0.2, 0.25) is 0 Å². The highest BCUT2D eigenvalue weighted by molar-refractivity contribution is 5.99. The number of hydrogen-bond donors (Lipinski definition) is 1. The lowest BCUT2D eigenvalue weighted by Crippen LogP contribution is -2.47. The Morgan fingerprint density at radius 2 is 1.87 bits per heavy atom. The van der Waals surface area contributed by atoms with Gasteiger partial charge in [0.1, 0.15) is 11.6 Å². The highest BCUT2D eigenvalue weighted by atomic mass is 19.1. The minimum absolute atomic E-state index is 0.00504. The van der Waals surface area contributed by atoms with Crippen LogP contribution in [-0.2, 0) is 0 Å². The molecule has 1 aliphatic rings. The summed E-state index contributed by atoms with van der Waals surface area (Å²) >= 11 is 0. The van der Waals surface area contributed by atoms with E-state index in [1.807, 2.05) is 24.3 Å². The zero-order valence-corrected chi connectivity index (χ0v) is 18.0. The monoisotopic (exact) mass is 414 g/mol. The van der Waals surface area contributed by atoms with Gasteiger partial charge >= 0.3 is 0 Å². The van der Waals surface area contributed by atoms with Gasteiger partial charge < -0.3 is 19.9 Å². The summed E-state index contributed by atoms with van der Waals surface area (Å²) < 4.78 is 18.8. The summed E-state index contributed by atoms with van der Waals surface area (Å²) in [6.45, 7) is 5.48. The first-order valence-electron chi connectivity index (χ1n) is 10.3. The standard InChI is InChI=1S/C23H31FN4O2/c1-26(2)23(29)19-7-4-5-8-20(19)25-11-6-12-27-13-15-28(16-14-27)21-10-9-18(24)17-22(21)30-3/h4-5,7-10,17,25H,6,11-16H2,1-3H3. The van der Waals surface area contributed by atoms with Crippen LogP contribution in [0.25, 0.3) is 0 Å². The third kappa shape index (κ3) is 5.42. The predicted octanol–water partition coefficient (Wildman–Crippen LogP) is 3.16. The molecule has 0 radical (unpaired) electrons.